The maximum Gasteiger partial charge on any atom is 0.213 e. The molecule has 0 aromatic carbocycles. The summed E-state index contributed by atoms with van der Waals surface area (Å²) in [7, 11) is -6.78. The Bertz CT molecular complexity index is 2330. The van der Waals surface area contributed by atoms with Gasteiger partial charge in [0.25, 0.3) is 0 Å². The third-order valence-electron chi connectivity index (χ3n) is 9.24. The second-order valence-electron chi connectivity index (χ2n) is 11.9. The summed E-state index contributed by atoms with van der Waals surface area (Å²) >= 11 is 0. The molecule has 0 atom stereocenters. The van der Waals surface area contributed by atoms with Crippen molar-refractivity contribution in [3.05, 3.63) is 49.6 Å². The quantitative estimate of drug-likeness (QED) is 0.208. The fourth-order valence-electron chi connectivity index (χ4n) is 6.53. The zero-order chi connectivity index (χ0) is 33.2. The molecule has 5 aromatic rings. The maximum atomic E-state index is 12.5. The molecule has 242 valence electrons. The summed E-state index contributed by atoms with van der Waals surface area (Å²) in [5.41, 5.74) is 0.902. The second-order valence-corrected chi connectivity index (χ2v) is 16.4. The van der Waals surface area contributed by atoms with Gasteiger partial charge in [-0.3, -0.25) is 9.25 Å². The molecular weight excluding hydrogens is 645 g/mol. The highest BCUT2D eigenvalue weighted by molar-refractivity contribution is 7.89. The molecule has 2 fully saturated rings. The molecule has 7 rings (SSSR count). The molecule has 0 aliphatic carbocycles. The normalized spacial score (nSPS) is 18.0. The van der Waals surface area contributed by atoms with Crippen molar-refractivity contribution in [2.75, 3.05) is 37.7 Å². The monoisotopic (exact) mass is 674 g/mol. The predicted molar refractivity (Wildman–Crippen MR) is 170 cm³/mol. The minimum atomic E-state index is -3.39. The highest BCUT2D eigenvalue weighted by Gasteiger charge is 2.50. The van der Waals surface area contributed by atoms with Crippen LogP contribution in [-0.2, 0) is 31.1 Å². The number of hydrogen-bond donors (Lipinski definition) is 0. The molecule has 0 amide bonds. The molecule has 2 aliphatic heterocycles. The van der Waals surface area contributed by atoms with Crippen molar-refractivity contribution in [3.63, 3.8) is 0 Å². The van der Waals surface area contributed by atoms with Crippen LogP contribution in [0.4, 0.5) is 0 Å². The van der Waals surface area contributed by atoms with Crippen LogP contribution in [0.25, 0.3) is 39.1 Å². The number of nitrogens with zero attached hydrogens (tertiary/aromatic N) is 12. The smallest absolute Gasteiger partial charge is 0.213 e. The first kappa shape index (κ1) is 30.9. The molecule has 5 aromatic heterocycles. The van der Waals surface area contributed by atoms with Gasteiger partial charge in [0.2, 0.25) is 20.0 Å². The fourth-order valence-corrected chi connectivity index (χ4v) is 9.01. The van der Waals surface area contributed by atoms with Crippen LogP contribution in [0.15, 0.2) is 49.6 Å². The topological polar surface area (TPSA) is 202 Å². The van der Waals surface area contributed by atoms with Gasteiger partial charge in [0, 0.05) is 55.7 Å². The van der Waals surface area contributed by atoms with Gasteiger partial charge in [-0.2, -0.15) is 24.2 Å². The maximum absolute atomic E-state index is 12.5. The summed E-state index contributed by atoms with van der Waals surface area (Å²) in [4.78, 5) is 18.2. The Hall–Kier alpha value is -4.75. The van der Waals surface area contributed by atoms with E-state index in [0.29, 0.717) is 33.8 Å². The fraction of sp³-hybridized carbons (Fsp3) is 0.414. The van der Waals surface area contributed by atoms with Crippen LogP contribution in [0.1, 0.15) is 26.7 Å². The van der Waals surface area contributed by atoms with E-state index in [9.17, 15) is 27.4 Å². The van der Waals surface area contributed by atoms with Crippen LogP contribution in [0, 0.1) is 22.7 Å². The number of nitriles is 2. The van der Waals surface area contributed by atoms with Crippen LogP contribution < -0.4 is 0 Å². The van der Waals surface area contributed by atoms with Crippen LogP contribution in [0.5, 0.6) is 0 Å². The van der Waals surface area contributed by atoms with Crippen molar-refractivity contribution in [2.24, 2.45) is 0 Å². The lowest BCUT2D eigenvalue weighted by Gasteiger charge is -2.49. The first-order valence-corrected chi connectivity index (χ1v) is 18.1. The van der Waals surface area contributed by atoms with E-state index in [2.05, 4.69) is 37.2 Å². The zero-order valence-electron chi connectivity index (χ0n) is 25.6. The van der Waals surface area contributed by atoms with Gasteiger partial charge in [0.1, 0.15) is 29.5 Å². The van der Waals surface area contributed by atoms with Gasteiger partial charge < -0.3 is 4.57 Å². The average molecular weight is 675 g/mol. The first-order chi connectivity index (χ1) is 22.5. The van der Waals surface area contributed by atoms with Crippen LogP contribution in [0.3, 0.4) is 0 Å². The number of fused-ring (bicyclic) bond motifs is 2. The molecule has 47 heavy (non-hydrogen) atoms. The summed E-state index contributed by atoms with van der Waals surface area (Å²) < 4.78 is 57.9. The molecule has 0 saturated carbocycles. The third-order valence-corrected chi connectivity index (χ3v) is 12.8. The Kier molecular flexibility index (Phi) is 7.17. The predicted octanol–water partition coefficient (Wildman–Crippen LogP) is 1.58. The van der Waals surface area contributed by atoms with Crippen molar-refractivity contribution >= 4 is 42.1 Å². The van der Waals surface area contributed by atoms with Gasteiger partial charge in [-0.05, 0) is 26.0 Å². The molecule has 2 saturated heterocycles. The lowest BCUT2D eigenvalue weighted by Crippen LogP contribution is -2.64. The Morgan fingerprint density at radius 3 is 2.04 bits per heavy atom. The molecule has 0 spiro atoms. The van der Waals surface area contributed by atoms with E-state index < -0.39 is 31.1 Å². The van der Waals surface area contributed by atoms with Crippen LogP contribution in [0.2, 0.25) is 0 Å². The van der Waals surface area contributed by atoms with Crippen LogP contribution in [-0.4, -0.2) is 102 Å². The van der Waals surface area contributed by atoms with Crippen molar-refractivity contribution < 1.29 is 16.8 Å². The number of hydrogen-bond acceptors (Lipinski definition) is 11. The minimum Gasteiger partial charge on any atom is -0.323 e. The number of rotatable bonds is 10. The summed E-state index contributed by atoms with van der Waals surface area (Å²) in [6.07, 6.45) is 10.2. The highest BCUT2D eigenvalue weighted by Crippen LogP contribution is 2.39. The van der Waals surface area contributed by atoms with E-state index in [4.69, 9.17) is 0 Å². The van der Waals surface area contributed by atoms with Crippen molar-refractivity contribution in [1.82, 2.24) is 47.5 Å². The minimum absolute atomic E-state index is 0.0116. The van der Waals surface area contributed by atoms with E-state index in [1.807, 2.05) is 33.7 Å². The zero-order valence-corrected chi connectivity index (χ0v) is 27.2. The first-order valence-electron chi connectivity index (χ1n) is 14.9. The summed E-state index contributed by atoms with van der Waals surface area (Å²) in [6.45, 7) is 3.88. The molecule has 7 heterocycles. The van der Waals surface area contributed by atoms with Crippen LogP contribution >= 0.6 is 0 Å². The van der Waals surface area contributed by atoms with E-state index in [0.717, 1.165) is 5.39 Å². The van der Waals surface area contributed by atoms with Crippen molar-refractivity contribution in [2.45, 2.75) is 37.8 Å². The molecular formula is C29H30N12O4S2. The highest BCUT2D eigenvalue weighted by atomic mass is 32.2. The Labute approximate surface area is 270 Å². The third kappa shape index (κ3) is 4.70. The molecule has 2 aliphatic rings. The van der Waals surface area contributed by atoms with Crippen molar-refractivity contribution in [3.8, 4) is 29.2 Å². The standard InChI is InChI=1S/C29H30N12O4S2/c1-3-46(42,43)37-15-28(16-37,7-9-30)40-12-6-23-26(34-20-35-27(23)40)39-11-5-22-24(32-19-33-25(22)39)21-13-36-41(14-21)29(8-10-31)17-38(18-29)47(44,45)4-2/h5-6,11-14,19-20H,3-4,7-8,15-18H2,1-2H3. The average Bonchev–Trinajstić information content (AvgIpc) is 3.79. The molecule has 0 N–H and O–H groups in total. The van der Waals surface area contributed by atoms with Gasteiger partial charge in [0.05, 0.1) is 59.3 Å². The van der Waals surface area contributed by atoms with E-state index in [1.165, 1.54) is 21.3 Å². The summed E-state index contributed by atoms with van der Waals surface area (Å²) in [6, 6.07) is 8.12. The Balaban J connectivity index is 1.24. The Morgan fingerprint density at radius 1 is 0.787 bits per heavy atom. The van der Waals surface area contributed by atoms with Gasteiger partial charge in [-0.15, -0.1) is 0 Å². The van der Waals surface area contributed by atoms with Gasteiger partial charge in [0.15, 0.2) is 5.82 Å². The number of sulfonamides is 2. The van der Waals surface area contributed by atoms with Gasteiger partial charge in [-0.1, -0.05) is 0 Å². The van der Waals surface area contributed by atoms with Crippen molar-refractivity contribution in [1.29, 1.82) is 10.5 Å². The van der Waals surface area contributed by atoms with E-state index >= 15 is 0 Å². The second kappa shape index (κ2) is 10.9. The SMILES string of the molecule is CCS(=O)(=O)N1CC(CC#N)(n2cc(-c3ncnc4c3ccn4-c3ncnc4c3ccn4C3(CC#N)CN(S(=O)(=O)CC)C3)cn2)C1. The van der Waals surface area contributed by atoms with Gasteiger partial charge in [-0.25, -0.2) is 36.8 Å². The molecule has 0 bridgehead atoms. The lowest BCUT2D eigenvalue weighted by molar-refractivity contribution is 0.0719. The lowest BCUT2D eigenvalue weighted by atomic mass is 9.88. The van der Waals surface area contributed by atoms with E-state index in [1.54, 1.807) is 30.9 Å². The largest absolute Gasteiger partial charge is 0.323 e. The molecule has 16 nitrogen and oxygen atoms in total. The summed E-state index contributed by atoms with van der Waals surface area (Å²) in [5, 5.41) is 25.1. The Morgan fingerprint density at radius 2 is 1.38 bits per heavy atom. The number of aromatic nitrogens is 8. The molecule has 18 heteroatoms. The summed E-state index contributed by atoms with van der Waals surface area (Å²) in [5.74, 6) is 0.526. The molecule has 0 unspecified atom stereocenters. The van der Waals surface area contributed by atoms with E-state index in [-0.39, 0.29) is 50.5 Å². The van der Waals surface area contributed by atoms with Gasteiger partial charge >= 0.3 is 0 Å². The molecule has 0 radical (unpaired) electrons.